The van der Waals surface area contributed by atoms with E-state index < -0.39 is 15.9 Å². The number of halogens is 1. The Bertz CT molecular complexity index is 1510. The molecule has 1 amide bonds. The maximum Gasteiger partial charge on any atom is 0.276 e. The maximum atomic E-state index is 13.1. The Hall–Kier alpha value is -3.62. The normalized spacial score (nSPS) is 12.0. The lowest BCUT2D eigenvalue weighted by Crippen LogP contribution is -2.27. The molecule has 0 saturated carbocycles. The molecule has 1 aromatic heterocycles. The van der Waals surface area contributed by atoms with Crippen molar-refractivity contribution in [1.29, 1.82) is 0 Å². The highest BCUT2D eigenvalue weighted by molar-refractivity contribution is 7.89. The van der Waals surface area contributed by atoms with Crippen molar-refractivity contribution in [2.45, 2.75) is 18.7 Å². The van der Waals surface area contributed by atoms with Gasteiger partial charge in [-0.1, -0.05) is 35.9 Å². The third-order valence-electron chi connectivity index (χ3n) is 4.77. The zero-order valence-electron chi connectivity index (χ0n) is 17.8. The molecular formula is C24H20ClN3O4S. The number of hydrogen-bond donors (Lipinski definition) is 2. The molecule has 0 spiro atoms. The fraction of sp³-hybridized carbons (Fsp3) is 0.0833. The number of hydrogen-bond acceptors (Lipinski definition) is 5. The summed E-state index contributed by atoms with van der Waals surface area (Å²) in [5.74, 6) is -0.487. The Morgan fingerprint density at radius 2 is 1.61 bits per heavy atom. The summed E-state index contributed by atoms with van der Waals surface area (Å²) in [7, 11) is -4.01. The minimum Gasteiger partial charge on any atom is -0.436 e. The van der Waals surface area contributed by atoms with Gasteiger partial charge in [0.05, 0.1) is 4.90 Å². The summed E-state index contributed by atoms with van der Waals surface area (Å²) < 4.78 is 31.0. The quantitative estimate of drug-likeness (QED) is 0.402. The monoisotopic (exact) mass is 481 g/mol. The van der Waals surface area contributed by atoms with Gasteiger partial charge in [0.1, 0.15) is 11.1 Å². The van der Waals surface area contributed by atoms with Crippen molar-refractivity contribution in [3.63, 3.8) is 0 Å². The number of benzene rings is 3. The second kappa shape index (κ2) is 9.09. The minimum atomic E-state index is -4.01. The average Bonchev–Trinajstić information content (AvgIpc) is 2.76. The zero-order chi connectivity index (χ0) is 23.6. The first kappa shape index (κ1) is 22.6. The highest BCUT2D eigenvalue weighted by atomic mass is 35.5. The van der Waals surface area contributed by atoms with Crippen LogP contribution in [-0.2, 0) is 10.0 Å². The molecule has 0 bridgehead atoms. The molecule has 9 heteroatoms. The van der Waals surface area contributed by atoms with Gasteiger partial charge < -0.3 is 9.73 Å². The Morgan fingerprint density at radius 3 is 2.30 bits per heavy atom. The first-order valence-electron chi connectivity index (χ1n) is 9.95. The van der Waals surface area contributed by atoms with Crippen LogP contribution in [0.4, 0.5) is 5.69 Å². The van der Waals surface area contributed by atoms with Crippen molar-refractivity contribution in [2.75, 3.05) is 5.32 Å². The maximum absolute atomic E-state index is 13.1. The van der Waals surface area contributed by atoms with Crippen LogP contribution in [0.1, 0.15) is 21.5 Å². The molecule has 0 saturated heterocycles. The average molecular weight is 482 g/mol. The van der Waals surface area contributed by atoms with E-state index in [-0.39, 0.29) is 16.0 Å². The summed E-state index contributed by atoms with van der Waals surface area (Å²) in [4.78, 5) is 15.2. The number of aryl methyl sites for hydroxylation is 2. The van der Waals surface area contributed by atoms with Gasteiger partial charge in [-0.15, -0.1) is 5.10 Å². The van der Waals surface area contributed by atoms with Crippen LogP contribution in [0, 0.1) is 13.8 Å². The second-order valence-electron chi connectivity index (χ2n) is 7.49. The van der Waals surface area contributed by atoms with E-state index in [1.54, 1.807) is 24.3 Å². The van der Waals surface area contributed by atoms with Crippen LogP contribution in [-0.4, -0.2) is 14.3 Å². The highest BCUT2D eigenvalue weighted by Crippen LogP contribution is 2.17. The molecule has 4 aromatic rings. The van der Waals surface area contributed by atoms with E-state index in [2.05, 4.69) is 15.2 Å². The molecule has 0 aliphatic heterocycles. The van der Waals surface area contributed by atoms with Gasteiger partial charge >= 0.3 is 0 Å². The highest BCUT2D eigenvalue weighted by Gasteiger charge is 2.16. The fourth-order valence-electron chi connectivity index (χ4n) is 3.33. The predicted octanol–water partition coefficient (Wildman–Crippen LogP) is 4.75. The van der Waals surface area contributed by atoms with Crippen LogP contribution in [0.25, 0.3) is 11.0 Å². The van der Waals surface area contributed by atoms with Crippen molar-refractivity contribution in [3.8, 4) is 0 Å². The standard InChI is InChI=1S/C24H20ClN3O4S/c1-15-11-16(2)13-19(12-15)26-23(29)21-14-17-5-3-4-6-22(17)32-24(21)27-28-33(30,31)20-9-7-18(25)8-10-20/h3-14,28H,1-2H3,(H,26,29)/b27-24+. The van der Waals surface area contributed by atoms with Crippen molar-refractivity contribution in [3.05, 3.63) is 100 Å². The van der Waals surface area contributed by atoms with Gasteiger partial charge in [-0.25, -0.2) is 0 Å². The van der Waals surface area contributed by atoms with Gasteiger partial charge in [0, 0.05) is 16.1 Å². The van der Waals surface area contributed by atoms with Crippen LogP contribution in [0.3, 0.4) is 0 Å². The van der Waals surface area contributed by atoms with Gasteiger partial charge in [0.2, 0.25) is 5.55 Å². The van der Waals surface area contributed by atoms with Crippen LogP contribution < -0.4 is 15.7 Å². The number of fused-ring (bicyclic) bond motifs is 1. The number of para-hydroxylation sites is 1. The lowest BCUT2D eigenvalue weighted by molar-refractivity contribution is 0.102. The Balaban J connectivity index is 1.75. The zero-order valence-corrected chi connectivity index (χ0v) is 19.4. The third kappa shape index (κ3) is 5.24. The van der Waals surface area contributed by atoms with Gasteiger partial charge in [-0.2, -0.15) is 13.2 Å². The van der Waals surface area contributed by atoms with Crippen molar-refractivity contribution in [2.24, 2.45) is 5.10 Å². The molecule has 0 atom stereocenters. The number of sulfonamides is 1. The van der Waals surface area contributed by atoms with E-state index in [9.17, 15) is 13.2 Å². The smallest absolute Gasteiger partial charge is 0.276 e. The predicted molar refractivity (Wildman–Crippen MR) is 127 cm³/mol. The molecule has 3 aromatic carbocycles. The molecule has 0 unspecified atom stereocenters. The molecule has 0 aliphatic carbocycles. The van der Waals surface area contributed by atoms with Crippen LogP contribution >= 0.6 is 11.6 Å². The molecule has 0 radical (unpaired) electrons. The number of nitrogens with one attached hydrogen (secondary N) is 2. The largest absolute Gasteiger partial charge is 0.436 e. The molecule has 168 valence electrons. The Labute approximate surface area is 195 Å². The molecule has 0 fully saturated rings. The lowest BCUT2D eigenvalue weighted by atomic mass is 10.1. The SMILES string of the molecule is Cc1cc(C)cc(NC(=O)c2cc3ccccc3o/c2=N/NS(=O)(=O)c2ccc(Cl)cc2)c1. The molecule has 0 aliphatic rings. The molecule has 2 N–H and O–H groups in total. The summed E-state index contributed by atoms with van der Waals surface area (Å²) in [6.07, 6.45) is 0. The van der Waals surface area contributed by atoms with E-state index in [0.29, 0.717) is 21.7 Å². The second-order valence-corrected chi connectivity index (χ2v) is 9.59. The summed E-state index contributed by atoms with van der Waals surface area (Å²) in [6, 6.07) is 20.0. The molecule has 33 heavy (non-hydrogen) atoms. The minimum absolute atomic E-state index is 0.0299. The Kier molecular flexibility index (Phi) is 6.22. The summed E-state index contributed by atoms with van der Waals surface area (Å²) in [6.45, 7) is 3.86. The van der Waals surface area contributed by atoms with E-state index in [4.69, 9.17) is 16.0 Å². The van der Waals surface area contributed by atoms with Gasteiger partial charge in [-0.3, -0.25) is 4.79 Å². The van der Waals surface area contributed by atoms with Crippen molar-refractivity contribution < 1.29 is 17.6 Å². The lowest BCUT2D eigenvalue weighted by Gasteiger charge is -2.09. The topological polar surface area (TPSA) is 101 Å². The van der Waals surface area contributed by atoms with E-state index in [1.165, 1.54) is 24.3 Å². The van der Waals surface area contributed by atoms with E-state index in [0.717, 1.165) is 11.1 Å². The summed E-state index contributed by atoms with van der Waals surface area (Å²) in [5, 5.41) is 7.83. The first-order valence-corrected chi connectivity index (χ1v) is 11.8. The third-order valence-corrected chi connectivity index (χ3v) is 6.25. The number of nitrogens with zero attached hydrogens (tertiary/aromatic N) is 1. The van der Waals surface area contributed by atoms with Crippen molar-refractivity contribution >= 4 is 44.2 Å². The van der Waals surface area contributed by atoms with Gasteiger partial charge in [0.15, 0.2) is 0 Å². The van der Waals surface area contributed by atoms with E-state index >= 15 is 0 Å². The number of rotatable bonds is 5. The number of carbonyl (C=O) groups is 1. The molecule has 1 heterocycles. The summed E-state index contributed by atoms with van der Waals surface area (Å²) in [5.41, 5.74) is 2.95. The number of carbonyl (C=O) groups excluding carboxylic acids is 1. The molecule has 4 rings (SSSR count). The summed E-state index contributed by atoms with van der Waals surface area (Å²) >= 11 is 5.83. The van der Waals surface area contributed by atoms with Crippen LogP contribution in [0.15, 0.2) is 87.2 Å². The van der Waals surface area contributed by atoms with Crippen LogP contribution in [0.5, 0.6) is 0 Å². The molecule has 7 nitrogen and oxygen atoms in total. The van der Waals surface area contributed by atoms with Gasteiger partial charge in [-0.05, 0) is 73.5 Å². The van der Waals surface area contributed by atoms with Crippen molar-refractivity contribution in [1.82, 2.24) is 4.83 Å². The molecular weight excluding hydrogens is 462 g/mol. The first-order chi connectivity index (χ1) is 15.7. The van der Waals surface area contributed by atoms with Gasteiger partial charge in [0.25, 0.3) is 15.9 Å². The number of anilines is 1. The number of amides is 1. The van der Waals surface area contributed by atoms with Crippen LogP contribution in [0.2, 0.25) is 5.02 Å². The fourth-order valence-corrected chi connectivity index (χ4v) is 4.26. The van der Waals surface area contributed by atoms with E-state index in [1.807, 2.05) is 38.1 Å². The Morgan fingerprint density at radius 1 is 0.939 bits per heavy atom.